The van der Waals surface area contributed by atoms with Gasteiger partial charge in [0.2, 0.25) is 5.91 Å². The minimum atomic E-state index is -1.19. The van der Waals surface area contributed by atoms with Crippen LogP contribution in [0.25, 0.3) is 11.2 Å². The summed E-state index contributed by atoms with van der Waals surface area (Å²) in [4.78, 5) is 23.9. The number of nitrogens with zero attached hydrogens (tertiary/aromatic N) is 4. The molecular formula is C16H21N5O5. The maximum atomic E-state index is 11.5. The molecule has 0 bridgehead atoms. The molecule has 0 aromatic carbocycles. The molecular weight excluding hydrogens is 342 g/mol. The third-order valence-electron chi connectivity index (χ3n) is 3.99. The molecule has 140 valence electrons. The van der Waals surface area contributed by atoms with Crippen LogP contribution in [0.5, 0.6) is 0 Å². The van der Waals surface area contributed by atoms with Gasteiger partial charge in [-0.25, -0.2) is 15.0 Å². The van der Waals surface area contributed by atoms with Gasteiger partial charge in [-0.3, -0.25) is 9.36 Å². The number of rotatable bonds is 6. The van der Waals surface area contributed by atoms with Gasteiger partial charge in [0.1, 0.15) is 24.6 Å². The zero-order valence-corrected chi connectivity index (χ0v) is 14.4. The van der Waals surface area contributed by atoms with Crippen LogP contribution in [-0.4, -0.2) is 66.7 Å². The van der Waals surface area contributed by atoms with Gasteiger partial charge < -0.3 is 25.0 Å². The maximum Gasteiger partial charge on any atom is 0.248 e. The minimum absolute atomic E-state index is 0.0279. The van der Waals surface area contributed by atoms with Gasteiger partial charge in [0, 0.05) is 0 Å². The third kappa shape index (κ3) is 3.44. The Morgan fingerprint density at radius 1 is 1.42 bits per heavy atom. The SMILES string of the molecule is C=CC(=O)Nc1ncnc2c1ncn2[C@@H]1O[C@H](COC(C)C)[C@@H](O)[C@H]1O. The summed E-state index contributed by atoms with van der Waals surface area (Å²) in [7, 11) is 0. The molecule has 3 heterocycles. The van der Waals surface area contributed by atoms with Crippen LogP contribution in [0.1, 0.15) is 20.1 Å². The molecule has 1 amide bonds. The van der Waals surface area contributed by atoms with E-state index in [9.17, 15) is 15.0 Å². The van der Waals surface area contributed by atoms with E-state index >= 15 is 0 Å². The standard InChI is InChI=1S/C16H21N5O5/c1-4-10(22)20-14-11-15(18-6-17-14)21(7-19-11)16-13(24)12(23)9(26-16)5-25-8(2)3/h4,6-9,12-13,16,23-24H,1,5H2,2-3H3,(H,17,18,20,22)/t9-,12-,13-,16-/m1/s1. The lowest BCUT2D eigenvalue weighted by Crippen LogP contribution is -2.34. The second-order valence-electron chi connectivity index (χ2n) is 6.17. The number of hydrogen-bond donors (Lipinski definition) is 3. The van der Waals surface area contributed by atoms with Gasteiger partial charge in [-0.05, 0) is 19.9 Å². The molecule has 4 atom stereocenters. The zero-order valence-electron chi connectivity index (χ0n) is 14.4. The number of carbonyl (C=O) groups is 1. The van der Waals surface area contributed by atoms with Crippen LogP contribution in [0.15, 0.2) is 25.3 Å². The first-order valence-electron chi connectivity index (χ1n) is 8.16. The zero-order chi connectivity index (χ0) is 18.8. The van der Waals surface area contributed by atoms with Crippen molar-refractivity contribution in [3.8, 4) is 0 Å². The molecule has 3 rings (SSSR count). The number of fused-ring (bicyclic) bond motifs is 1. The second-order valence-corrected chi connectivity index (χ2v) is 6.17. The number of imidazole rings is 1. The van der Waals surface area contributed by atoms with E-state index in [2.05, 4.69) is 26.8 Å². The second kappa shape index (κ2) is 7.46. The molecule has 1 aliphatic heterocycles. The quantitative estimate of drug-likeness (QED) is 0.611. The molecule has 0 radical (unpaired) electrons. The van der Waals surface area contributed by atoms with E-state index in [1.807, 2.05) is 13.8 Å². The number of amides is 1. The van der Waals surface area contributed by atoms with Crippen molar-refractivity contribution in [2.24, 2.45) is 0 Å². The minimum Gasteiger partial charge on any atom is -0.387 e. The van der Waals surface area contributed by atoms with Crippen LogP contribution < -0.4 is 5.32 Å². The Morgan fingerprint density at radius 3 is 2.88 bits per heavy atom. The predicted molar refractivity (Wildman–Crippen MR) is 91.2 cm³/mol. The van der Waals surface area contributed by atoms with Crippen molar-refractivity contribution in [3.63, 3.8) is 0 Å². The highest BCUT2D eigenvalue weighted by Crippen LogP contribution is 2.32. The first-order valence-corrected chi connectivity index (χ1v) is 8.16. The van der Waals surface area contributed by atoms with Crippen molar-refractivity contribution in [2.75, 3.05) is 11.9 Å². The van der Waals surface area contributed by atoms with E-state index in [0.29, 0.717) is 11.2 Å². The van der Waals surface area contributed by atoms with Crippen LogP contribution in [-0.2, 0) is 14.3 Å². The van der Waals surface area contributed by atoms with Crippen molar-refractivity contribution < 1.29 is 24.5 Å². The molecule has 1 aliphatic rings. The first-order chi connectivity index (χ1) is 12.4. The Bertz CT molecular complexity index is 807. The summed E-state index contributed by atoms with van der Waals surface area (Å²) >= 11 is 0. The Balaban J connectivity index is 1.87. The molecule has 0 unspecified atom stereocenters. The molecule has 3 N–H and O–H groups in total. The normalized spacial score (nSPS) is 25.7. The van der Waals surface area contributed by atoms with Crippen molar-refractivity contribution in [2.45, 2.75) is 44.5 Å². The molecule has 2 aromatic heterocycles. The summed E-state index contributed by atoms with van der Waals surface area (Å²) in [5, 5.41) is 23.1. The molecule has 0 spiro atoms. The van der Waals surface area contributed by atoms with Crippen LogP contribution in [0.3, 0.4) is 0 Å². The van der Waals surface area contributed by atoms with Crippen molar-refractivity contribution in [1.29, 1.82) is 0 Å². The number of ether oxygens (including phenoxy) is 2. The lowest BCUT2D eigenvalue weighted by molar-refractivity contribution is -0.111. The Labute approximate surface area is 149 Å². The molecule has 26 heavy (non-hydrogen) atoms. The number of anilines is 1. The molecule has 0 saturated carbocycles. The monoisotopic (exact) mass is 363 g/mol. The molecule has 10 nitrogen and oxygen atoms in total. The van der Waals surface area contributed by atoms with E-state index in [0.717, 1.165) is 6.08 Å². The van der Waals surface area contributed by atoms with Gasteiger partial charge in [-0.2, -0.15) is 0 Å². The lowest BCUT2D eigenvalue weighted by atomic mass is 10.1. The number of carbonyl (C=O) groups excluding carboxylic acids is 1. The topological polar surface area (TPSA) is 132 Å². The third-order valence-corrected chi connectivity index (χ3v) is 3.99. The fraction of sp³-hybridized carbons (Fsp3) is 0.500. The number of hydrogen-bond acceptors (Lipinski definition) is 8. The molecule has 1 fully saturated rings. The van der Waals surface area contributed by atoms with Crippen LogP contribution in [0.4, 0.5) is 5.82 Å². The average molecular weight is 363 g/mol. The van der Waals surface area contributed by atoms with Crippen molar-refractivity contribution >= 4 is 22.9 Å². The molecule has 2 aromatic rings. The molecule has 0 aliphatic carbocycles. The van der Waals surface area contributed by atoms with Gasteiger partial charge in [0.25, 0.3) is 0 Å². The Hall–Kier alpha value is -2.40. The highest BCUT2D eigenvalue weighted by Gasteiger charge is 2.44. The van der Waals surface area contributed by atoms with E-state index in [1.165, 1.54) is 17.2 Å². The summed E-state index contributed by atoms with van der Waals surface area (Å²) < 4.78 is 12.7. The number of aromatic nitrogens is 4. The fourth-order valence-electron chi connectivity index (χ4n) is 2.68. The van der Waals surface area contributed by atoms with Crippen LogP contribution >= 0.6 is 0 Å². The van der Waals surface area contributed by atoms with E-state index in [1.54, 1.807) is 0 Å². The van der Waals surface area contributed by atoms with E-state index in [-0.39, 0.29) is 18.5 Å². The number of nitrogens with one attached hydrogen (secondary N) is 1. The predicted octanol–water partition coefficient (Wildman–Crippen LogP) is -0.00500. The van der Waals surface area contributed by atoms with Gasteiger partial charge >= 0.3 is 0 Å². The number of aliphatic hydroxyl groups excluding tert-OH is 2. The van der Waals surface area contributed by atoms with Gasteiger partial charge in [0.15, 0.2) is 23.2 Å². The smallest absolute Gasteiger partial charge is 0.248 e. The van der Waals surface area contributed by atoms with Gasteiger partial charge in [-0.1, -0.05) is 6.58 Å². The summed E-state index contributed by atoms with van der Waals surface area (Å²) in [6, 6.07) is 0. The highest BCUT2D eigenvalue weighted by atomic mass is 16.6. The van der Waals surface area contributed by atoms with Crippen molar-refractivity contribution in [3.05, 3.63) is 25.3 Å². The average Bonchev–Trinajstić information content (AvgIpc) is 3.16. The van der Waals surface area contributed by atoms with E-state index in [4.69, 9.17) is 9.47 Å². The largest absolute Gasteiger partial charge is 0.387 e. The maximum absolute atomic E-state index is 11.5. The fourth-order valence-corrected chi connectivity index (χ4v) is 2.68. The van der Waals surface area contributed by atoms with Crippen LogP contribution in [0, 0.1) is 0 Å². The first kappa shape index (κ1) is 18.4. The summed E-state index contributed by atoms with van der Waals surface area (Å²) in [5.41, 5.74) is 0.677. The molecule has 10 heteroatoms. The Morgan fingerprint density at radius 2 is 2.19 bits per heavy atom. The number of aliphatic hydroxyl groups is 2. The Kier molecular flexibility index (Phi) is 5.28. The summed E-state index contributed by atoms with van der Waals surface area (Å²) in [6.45, 7) is 7.27. The lowest BCUT2D eigenvalue weighted by Gasteiger charge is -2.17. The summed E-state index contributed by atoms with van der Waals surface area (Å²) in [6.07, 6.45) is -0.117. The van der Waals surface area contributed by atoms with Crippen LogP contribution in [0.2, 0.25) is 0 Å². The van der Waals surface area contributed by atoms with Gasteiger partial charge in [-0.15, -0.1) is 0 Å². The van der Waals surface area contributed by atoms with Gasteiger partial charge in [0.05, 0.1) is 19.0 Å². The highest BCUT2D eigenvalue weighted by molar-refractivity contribution is 6.02. The summed E-state index contributed by atoms with van der Waals surface area (Å²) in [5.74, 6) is -0.218. The van der Waals surface area contributed by atoms with E-state index < -0.39 is 30.4 Å². The van der Waals surface area contributed by atoms with Crippen molar-refractivity contribution in [1.82, 2.24) is 19.5 Å². The molecule has 1 saturated heterocycles.